The van der Waals surface area contributed by atoms with E-state index in [0.717, 1.165) is 0 Å². The van der Waals surface area contributed by atoms with E-state index in [0.29, 0.717) is 0 Å². The maximum absolute atomic E-state index is 10.7. The molecule has 0 saturated heterocycles. The highest BCUT2D eigenvalue weighted by atomic mass is 35.5. The first-order valence-corrected chi connectivity index (χ1v) is 3.30. The molecule has 0 aromatic rings. The van der Waals surface area contributed by atoms with Gasteiger partial charge in [0.15, 0.2) is 0 Å². The Morgan fingerprint density at radius 3 is 2.42 bits per heavy atom. The molecule has 0 aliphatic rings. The monoisotopic (exact) mass is 196 g/mol. The predicted molar refractivity (Wildman–Crippen MR) is 46.4 cm³/mol. The van der Waals surface area contributed by atoms with Crippen LogP contribution >= 0.6 is 12.4 Å². The summed E-state index contributed by atoms with van der Waals surface area (Å²) in [6.07, 6.45) is -0.0323. The van der Waals surface area contributed by atoms with Gasteiger partial charge in [-0.3, -0.25) is 9.59 Å². The van der Waals surface area contributed by atoms with Gasteiger partial charge in [-0.15, -0.1) is 12.4 Å². The molecule has 0 bridgehead atoms. The highest BCUT2D eigenvalue weighted by molar-refractivity contribution is 5.85. The molecule has 3 N–H and O–H groups in total. The molecule has 6 heteroatoms. The number of carbonyl (C=O) groups is 2. The van der Waals surface area contributed by atoms with Crippen molar-refractivity contribution in [2.75, 3.05) is 20.1 Å². The Kier molecular flexibility index (Phi) is 9.50. The molecule has 72 valence electrons. The molecule has 0 aromatic heterocycles. The van der Waals surface area contributed by atoms with Crippen LogP contribution in [0.15, 0.2) is 0 Å². The number of rotatable bonds is 5. The third-order valence-electron chi connectivity index (χ3n) is 0.998. The first-order valence-electron chi connectivity index (χ1n) is 3.30. The molecular formula is C6H13ClN2O3. The number of carbonyl (C=O) groups excluding carboxylic acids is 1. The highest BCUT2D eigenvalue weighted by Crippen LogP contribution is 1.74. The minimum atomic E-state index is -0.908. The topological polar surface area (TPSA) is 78.4 Å². The zero-order valence-corrected chi connectivity index (χ0v) is 7.61. The van der Waals surface area contributed by atoms with Gasteiger partial charge in [-0.05, 0) is 7.05 Å². The van der Waals surface area contributed by atoms with Crippen LogP contribution in [-0.4, -0.2) is 37.1 Å². The van der Waals surface area contributed by atoms with Gasteiger partial charge >= 0.3 is 5.97 Å². The van der Waals surface area contributed by atoms with E-state index >= 15 is 0 Å². The van der Waals surface area contributed by atoms with Gasteiger partial charge in [-0.2, -0.15) is 0 Å². The largest absolute Gasteiger partial charge is 0.481 e. The molecule has 0 aromatic carbocycles. The zero-order valence-electron chi connectivity index (χ0n) is 6.79. The number of hydrogen-bond donors (Lipinski definition) is 3. The molecule has 0 unspecified atom stereocenters. The predicted octanol–water partition coefficient (Wildman–Crippen LogP) is -0.781. The van der Waals surface area contributed by atoms with Gasteiger partial charge in [0.1, 0.15) is 0 Å². The van der Waals surface area contributed by atoms with Crippen LogP contribution < -0.4 is 10.6 Å². The van der Waals surface area contributed by atoms with Gasteiger partial charge in [-0.1, -0.05) is 0 Å². The number of aliphatic carboxylic acids is 1. The molecule has 0 aliphatic carbocycles. The fraction of sp³-hybridized carbons (Fsp3) is 0.667. The minimum absolute atomic E-state index is 0. The third kappa shape index (κ3) is 9.19. The van der Waals surface area contributed by atoms with Crippen LogP contribution in [0.25, 0.3) is 0 Å². The van der Waals surface area contributed by atoms with Crippen LogP contribution in [-0.2, 0) is 9.59 Å². The Labute approximate surface area is 76.9 Å². The molecule has 0 heterocycles. The van der Waals surface area contributed by atoms with Crippen LogP contribution in [0.2, 0.25) is 0 Å². The third-order valence-corrected chi connectivity index (χ3v) is 0.998. The summed E-state index contributed by atoms with van der Waals surface area (Å²) in [6.45, 7) is 0.412. The molecule has 12 heavy (non-hydrogen) atoms. The molecule has 0 rings (SSSR count). The molecule has 0 radical (unpaired) electrons. The number of carboxylic acids is 1. The molecule has 0 atom stereocenters. The number of amides is 1. The normalized spacial score (nSPS) is 8.42. The van der Waals surface area contributed by atoms with Crippen LogP contribution in [0, 0.1) is 0 Å². The maximum Gasteiger partial charge on any atom is 0.305 e. The van der Waals surface area contributed by atoms with E-state index in [1.54, 1.807) is 7.05 Å². The van der Waals surface area contributed by atoms with Crippen LogP contribution in [0.5, 0.6) is 0 Å². The van der Waals surface area contributed by atoms with Gasteiger partial charge in [-0.25, -0.2) is 0 Å². The summed E-state index contributed by atoms with van der Waals surface area (Å²) in [5.74, 6) is -1.09. The summed E-state index contributed by atoms with van der Waals surface area (Å²) in [7, 11) is 1.65. The second kappa shape index (κ2) is 8.29. The van der Waals surface area contributed by atoms with E-state index in [9.17, 15) is 9.59 Å². The first kappa shape index (κ1) is 13.8. The van der Waals surface area contributed by atoms with E-state index in [1.807, 2.05) is 0 Å². The van der Waals surface area contributed by atoms with E-state index in [-0.39, 0.29) is 37.8 Å². The molecule has 0 fully saturated rings. The molecular weight excluding hydrogens is 184 g/mol. The Bertz CT molecular complexity index is 152. The lowest BCUT2D eigenvalue weighted by Gasteiger charge is -2.00. The van der Waals surface area contributed by atoms with Crippen molar-refractivity contribution in [2.45, 2.75) is 6.42 Å². The summed E-state index contributed by atoms with van der Waals surface area (Å²) in [6, 6.07) is 0. The number of nitrogens with one attached hydrogen (secondary N) is 2. The summed E-state index contributed by atoms with van der Waals surface area (Å²) < 4.78 is 0. The fourth-order valence-corrected chi connectivity index (χ4v) is 0.532. The molecule has 5 nitrogen and oxygen atoms in total. The zero-order chi connectivity index (χ0) is 8.69. The molecule has 0 spiro atoms. The van der Waals surface area contributed by atoms with Gasteiger partial charge in [0.05, 0.1) is 13.0 Å². The van der Waals surface area contributed by atoms with Crippen molar-refractivity contribution in [1.82, 2.24) is 10.6 Å². The highest BCUT2D eigenvalue weighted by Gasteiger charge is 1.99. The van der Waals surface area contributed by atoms with Crippen molar-refractivity contribution in [2.24, 2.45) is 0 Å². The van der Waals surface area contributed by atoms with Crippen LogP contribution in [0.1, 0.15) is 6.42 Å². The van der Waals surface area contributed by atoms with E-state index < -0.39 is 5.97 Å². The lowest BCUT2D eigenvalue weighted by Crippen LogP contribution is -2.33. The number of hydrogen-bond acceptors (Lipinski definition) is 3. The maximum atomic E-state index is 10.7. The quantitative estimate of drug-likeness (QED) is 0.539. The van der Waals surface area contributed by atoms with Gasteiger partial charge < -0.3 is 15.7 Å². The van der Waals surface area contributed by atoms with Crippen molar-refractivity contribution in [3.8, 4) is 0 Å². The van der Waals surface area contributed by atoms with Crippen molar-refractivity contribution in [3.63, 3.8) is 0 Å². The van der Waals surface area contributed by atoms with Crippen molar-refractivity contribution >= 4 is 24.3 Å². The van der Waals surface area contributed by atoms with Crippen molar-refractivity contribution < 1.29 is 14.7 Å². The van der Waals surface area contributed by atoms with Gasteiger partial charge in [0.25, 0.3) is 0 Å². The van der Waals surface area contributed by atoms with Crippen molar-refractivity contribution in [1.29, 1.82) is 0 Å². The second-order valence-corrected chi connectivity index (χ2v) is 2.02. The molecule has 1 amide bonds. The summed E-state index contributed by atoms with van der Waals surface area (Å²) >= 11 is 0. The lowest BCUT2D eigenvalue weighted by atomic mass is 10.4. The average Bonchev–Trinajstić information content (AvgIpc) is 1.87. The summed E-state index contributed by atoms with van der Waals surface area (Å²) in [5.41, 5.74) is 0. The van der Waals surface area contributed by atoms with E-state index in [4.69, 9.17) is 5.11 Å². The number of likely N-dealkylation sites (N-methyl/N-ethyl adjacent to an activating group) is 1. The standard InChI is InChI=1S/C6H12N2O3.ClH/c1-7-4-5(9)8-3-2-6(10)11;/h7H,2-4H2,1H3,(H,8,9)(H,10,11);1H. The average molecular weight is 197 g/mol. The smallest absolute Gasteiger partial charge is 0.305 e. The lowest BCUT2D eigenvalue weighted by molar-refractivity contribution is -0.136. The fourth-order valence-electron chi connectivity index (χ4n) is 0.532. The van der Waals surface area contributed by atoms with Gasteiger partial charge in [0.2, 0.25) is 5.91 Å². The van der Waals surface area contributed by atoms with E-state index in [2.05, 4.69) is 10.6 Å². The Balaban J connectivity index is 0. The Morgan fingerprint density at radius 2 is 2.00 bits per heavy atom. The van der Waals surface area contributed by atoms with Gasteiger partial charge in [0, 0.05) is 6.54 Å². The van der Waals surface area contributed by atoms with E-state index in [1.165, 1.54) is 0 Å². The molecule has 0 aliphatic heterocycles. The number of halogens is 1. The van der Waals surface area contributed by atoms with Crippen LogP contribution in [0.4, 0.5) is 0 Å². The SMILES string of the molecule is CNCC(=O)NCCC(=O)O.Cl. The number of carboxylic acid groups (broad SMARTS) is 1. The van der Waals surface area contributed by atoms with Crippen molar-refractivity contribution in [3.05, 3.63) is 0 Å². The minimum Gasteiger partial charge on any atom is -0.481 e. The van der Waals surface area contributed by atoms with Crippen LogP contribution in [0.3, 0.4) is 0 Å². The second-order valence-electron chi connectivity index (χ2n) is 2.02. The molecule has 0 saturated carbocycles. The first-order chi connectivity index (χ1) is 5.16. The summed E-state index contributed by atoms with van der Waals surface area (Å²) in [5, 5.41) is 13.3. The Morgan fingerprint density at radius 1 is 1.42 bits per heavy atom. The Hall–Kier alpha value is -0.810. The summed E-state index contributed by atoms with van der Waals surface area (Å²) in [4.78, 5) is 20.6.